The molecule has 1 aliphatic heterocycles. The van der Waals surface area contributed by atoms with Crippen LogP contribution in [-0.2, 0) is 14.3 Å². The highest BCUT2D eigenvalue weighted by atomic mass is 16.5. The van der Waals surface area contributed by atoms with E-state index in [2.05, 4.69) is 5.32 Å². The highest BCUT2D eigenvalue weighted by Crippen LogP contribution is 2.19. The van der Waals surface area contributed by atoms with Gasteiger partial charge in [-0.1, -0.05) is 0 Å². The first-order chi connectivity index (χ1) is 8.16. The molecule has 2 amide bonds. The van der Waals surface area contributed by atoms with Gasteiger partial charge in [-0.2, -0.15) is 0 Å². The SMILES string of the molecule is CC(=O)Nc1ccc(N2CCOCC2=O)cc1. The Morgan fingerprint density at radius 1 is 1.35 bits per heavy atom. The van der Waals surface area contributed by atoms with E-state index >= 15 is 0 Å². The maximum Gasteiger partial charge on any atom is 0.253 e. The Bertz CT molecular complexity index is 428. The van der Waals surface area contributed by atoms with E-state index in [4.69, 9.17) is 4.74 Å². The molecular weight excluding hydrogens is 220 g/mol. The van der Waals surface area contributed by atoms with Crippen LogP contribution in [0, 0.1) is 0 Å². The molecule has 0 unspecified atom stereocenters. The molecule has 1 aromatic carbocycles. The van der Waals surface area contributed by atoms with Gasteiger partial charge in [-0.05, 0) is 24.3 Å². The van der Waals surface area contributed by atoms with Crippen molar-refractivity contribution in [3.63, 3.8) is 0 Å². The van der Waals surface area contributed by atoms with Crippen LogP contribution in [0.25, 0.3) is 0 Å². The summed E-state index contributed by atoms with van der Waals surface area (Å²) < 4.78 is 5.06. The van der Waals surface area contributed by atoms with Gasteiger partial charge in [0, 0.05) is 24.8 Å². The molecule has 1 aromatic rings. The van der Waals surface area contributed by atoms with Crippen LogP contribution in [0.1, 0.15) is 6.92 Å². The second kappa shape index (κ2) is 4.97. The maximum absolute atomic E-state index is 11.6. The predicted molar refractivity (Wildman–Crippen MR) is 63.9 cm³/mol. The van der Waals surface area contributed by atoms with Gasteiger partial charge in [0.1, 0.15) is 6.61 Å². The number of amides is 2. The number of hydrogen-bond acceptors (Lipinski definition) is 3. The van der Waals surface area contributed by atoms with Crippen LogP contribution in [0.2, 0.25) is 0 Å². The fourth-order valence-electron chi connectivity index (χ4n) is 1.72. The number of morpholine rings is 1. The lowest BCUT2D eigenvalue weighted by Crippen LogP contribution is -2.41. The molecule has 90 valence electrons. The van der Waals surface area contributed by atoms with Gasteiger partial charge in [-0.15, -0.1) is 0 Å². The van der Waals surface area contributed by atoms with Crippen molar-refractivity contribution in [1.82, 2.24) is 0 Å². The molecule has 1 N–H and O–H groups in total. The van der Waals surface area contributed by atoms with E-state index < -0.39 is 0 Å². The van der Waals surface area contributed by atoms with Gasteiger partial charge in [0.15, 0.2) is 0 Å². The molecule has 2 rings (SSSR count). The third-order valence-electron chi connectivity index (χ3n) is 2.49. The summed E-state index contributed by atoms with van der Waals surface area (Å²) in [5, 5.41) is 2.68. The summed E-state index contributed by atoms with van der Waals surface area (Å²) in [6.07, 6.45) is 0. The Morgan fingerprint density at radius 3 is 2.65 bits per heavy atom. The highest BCUT2D eigenvalue weighted by molar-refractivity contribution is 5.95. The van der Waals surface area contributed by atoms with Gasteiger partial charge in [0.05, 0.1) is 6.61 Å². The minimum absolute atomic E-state index is 0.0384. The topological polar surface area (TPSA) is 58.6 Å². The first-order valence-corrected chi connectivity index (χ1v) is 5.42. The van der Waals surface area contributed by atoms with E-state index in [-0.39, 0.29) is 18.4 Å². The lowest BCUT2D eigenvalue weighted by molar-refractivity contribution is -0.125. The molecule has 5 nitrogen and oxygen atoms in total. The molecule has 0 atom stereocenters. The summed E-state index contributed by atoms with van der Waals surface area (Å²) in [7, 11) is 0. The van der Waals surface area contributed by atoms with Crippen LogP contribution in [0.3, 0.4) is 0 Å². The van der Waals surface area contributed by atoms with Crippen molar-refractivity contribution in [2.75, 3.05) is 30.0 Å². The fraction of sp³-hybridized carbons (Fsp3) is 0.333. The number of nitrogens with one attached hydrogen (secondary N) is 1. The van der Waals surface area contributed by atoms with Crippen molar-refractivity contribution in [3.8, 4) is 0 Å². The van der Waals surface area contributed by atoms with Crippen LogP contribution < -0.4 is 10.2 Å². The number of ether oxygens (including phenoxy) is 1. The minimum Gasteiger partial charge on any atom is -0.370 e. The van der Waals surface area contributed by atoms with Crippen LogP contribution in [0.15, 0.2) is 24.3 Å². The van der Waals surface area contributed by atoms with E-state index in [0.29, 0.717) is 13.2 Å². The largest absolute Gasteiger partial charge is 0.370 e. The number of benzene rings is 1. The monoisotopic (exact) mass is 234 g/mol. The second-order valence-electron chi connectivity index (χ2n) is 3.83. The van der Waals surface area contributed by atoms with Crippen molar-refractivity contribution >= 4 is 23.2 Å². The quantitative estimate of drug-likeness (QED) is 0.830. The molecule has 1 aliphatic rings. The third-order valence-corrected chi connectivity index (χ3v) is 2.49. The highest BCUT2D eigenvalue weighted by Gasteiger charge is 2.19. The number of rotatable bonds is 2. The summed E-state index contributed by atoms with van der Waals surface area (Å²) in [5.41, 5.74) is 1.55. The molecule has 1 fully saturated rings. The van der Waals surface area contributed by atoms with Gasteiger partial charge in [0.2, 0.25) is 5.91 Å². The lowest BCUT2D eigenvalue weighted by Gasteiger charge is -2.26. The molecule has 0 radical (unpaired) electrons. The first kappa shape index (κ1) is 11.6. The summed E-state index contributed by atoms with van der Waals surface area (Å²) in [6.45, 7) is 2.71. The van der Waals surface area contributed by atoms with Gasteiger partial charge < -0.3 is 15.0 Å². The Balaban J connectivity index is 2.11. The molecule has 1 saturated heterocycles. The number of hydrogen-bond donors (Lipinski definition) is 1. The summed E-state index contributed by atoms with van der Waals surface area (Å²) in [6, 6.07) is 7.18. The zero-order valence-corrected chi connectivity index (χ0v) is 9.60. The van der Waals surface area contributed by atoms with E-state index in [9.17, 15) is 9.59 Å². The number of anilines is 2. The van der Waals surface area contributed by atoms with Crippen LogP contribution in [0.4, 0.5) is 11.4 Å². The fourth-order valence-corrected chi connectivity index (χ4v) is 1.72. The second-order valence-corrected chi connectivity index (χ2v) is 3.83. The lowest BCUT2D eigenvalue weighted by atomic mass is 10.2. The van der Waals surface area contributed by atoms with Gasteiger partial charge in [-0.25, -0.2) is 0 Å². The average molecular weight is 234 g/mol. The van der Waals surface area contributed by atoms with Crippen molar-refractivity contribution < 1.29 is 14.3 Å². The van der Waals surface area contributed by atoms with Gasteiger partial charge >= 0.3 is 0 Å². The molecule has 0 aromatic heterocycles. The zero-order chi connectivity index (χ0) is 12.3. The van der Waals surface area contributed by atoms with E-state index in [1.807, 2.05) is 12.1 Å². The molecule has 0 aliphatic carbocycles. The van der Waals surface area contributed by atoms with Gasteiger partial charge in [0.25, 0.3) is 5.91 Å². The predicted octanol–water partition coefficient (Wildman–Crippen LogP) is 1.01. The third kappa shape index (κ3) is 2.82. The van der Waals surface area contributed by atoms with E-state index in [1.54, 1.807) is 17.0 Å². The Kier molecular flexibility index (Phi) is 3.39. The summed E-state index contributed by atoms with van der Waals surface area (Å²) >= 11 is 0. The standard InChI is InChI=1S/C12H14N2O3/c1-9(15)13-10-2-4-11(5-3-10)14-6-7-17-8-12(14)16/h2-5H,6-8H2,1H3,(H,13,15). The van der Waals surface area contributed by atoms with Crippen LogP contribution in [-0.4, -0.2) is 31.6 Å². The zero-order valence-electron chi connectivity index (χ0n) is 9.60. The normalized spacial score (nSPS) is 15.8. The molecule has 17 heavy (non-hydrogen) atoms. The van der Waals surface area contributed by atoms with E-state index in [0.717, 1.165) is 11.4 Å². The number of nitrogens with zero attached hydrogens (tertiary/aromatic N) is 1. The summed E-state index contributed by atoms with van der Waals surface area (Å²) in [4.78, 5) is 24.1. The van der Waals surface area contributed by atoms with Crippen molar-refractivity contribution in [1.29, 1.82) is 0 Å². The van der Waals surface area contributed by atoms with E-state index in [1.165, 1.54) is 6.92 Å². The first-order valence-electron chi connectivity index (χ1n) is 5.42. The van der Waals surface area contributed by atoms with Crippen molar-refractivity contribution in [2.45, 2.75) is 6.92 Å². The summed E-state index contributed by atoms with van der Waals surface area (Å²) in [5.74, 6) is -0.149. The minimum atomic E-state index is -0.111. The molecule has 5 heteroatoms. The molecular formula is C12H14N2O3. The number of carbonyl (C=O) groups excluding carboxylic acids is 2. The van der Waals surface area contributed by atoms with Crippen LogP contribution >= 0.6 is 0 Å². The smallest absolute Gasteiger partial charge is 0.253 e. The van der Waals surface area contributed by atoms with Gasteiger partial charge in [-0.3, -0.25) is 9.59 Å². The number of carbonyl (C=O) groups is 2. The molecule has 1 heterocycles. The molecule has 0 bridgehead atoms. The Labute approximate surface area is 99.4 Å². The maximum atomic E-state index is 11.6. The van der Waals surface area contributed by atoms with Crippen LogP contribution in [0.5, 0.6) is 0 Å². The van der Waals surface area contributed by atoms with Crippen molar-refractivity contribution in [3.05, 3.63) is 24.3 Å². The average Bonchev–Trinajstić information content (AvgIpc) is 2.30. The Morgan fingerprint density at radius 2 is 2.06 bits per heavy atom. The molecule has 0 spiro atoms. The van der Waals surface area contributed by atoms with Crippen molar-refractivity contribution in [2.24, 2.45) is 0 Å². The molecule has 0 saturated carbocycles. The Hall–Kier alpha value is -1.88.